The first-order valence-corrected chi connectivity index (χ1v) is 12.0. The lowest BCUT2D eigenvalue weighted by molar-refractivity contribution is -0.386. The number of nitro groups is 1. The second kappa shape index (κ2) is 10.2. The molecule has 15 heteroatoms. The molecule has 0 aliphatic heterocycles. The number of carbonyl (C=O) groups is 2. The normalized spacial score (nSPS) is 11.5. The minimum atomic E-state index is -4.80. The number of thiophene rings is 1. The van der Waals surface area contributed by atoms with E-state index >= 15 is 0 Å². The van der Waals surface area contributed by atoms with Crippen LogP contribution in [0, 0.1) is 10.1 Å². The minimum Gasteiger partial charge on any atom is -0.479 e. The van der Waals surface area contributed by atoms with E-state index < -0.39 is 28.6 Å². The van der Waals surface area contributed by atoms with Crippen LogP contribution in [0.5, 0.6) is 5.75 Å². The van der Waals surface area contributed by atoms with Gasteiger partial charge in [0, 0.05) is 17.0 Å². The molecule has 5 aromatic rings. The van der Waals surface area contributed by atoms with Crippen LogP contribution in [-0.4, -0.2) is 21.7 Å². The van der Waals surface area contributed by atoms with Gasteiger partial charge in [-0.25, -0.2) is 4.98 Å². The average molecular weight is 572 g/mol. The third kappa shape index (κ3) is 5.09. The van der Waals surface area contributed by atoms with Crippen LogP contribution in [0.4, 0.5) is 24.5 Å². The highest BCUT2D eigenvalue weighted by Gasteiger charge is 2.35. The number of alkyl halides is 3. The lowest BCUT2D eigenvalue weighted by Crippen LogP contribution is -2.16. The molecule has 0 unspecified atom stereocenters. The highest BCUT2D eigenvalue weighted by Crippen LogP contribution is 2.44. The predicted octanol–water partition coefficient (Wildman–Crippen LogP) is 6.01. The van der Waals surface area contributed by atoms with Gasteiger partial charge in [-0.1, -0.05) is 12.1 Å². The van der Waals surface area contributed by atoms with Crippen LogP contribution in [0.15, 0.2) is 69.7 Å². The second-order valence-corrected chi connectivity index (χ2v) is 9.11. The molecular weight excluding hydrogens is 557 g/mol. The molecule has 0 radical (unpaired) electrons. The van der Waals surface area contributed by atoms with E-state index in [-0.39, 0.29) is 61.7 Å². The van der Waals surface area contributed by atoms with Crippen molar-refractivity contribution in [2.24, 2.45) is 5.73 Å². The Labute approximate surface area is 225 Å². The Morgan fingerprint density at radius 2 is 1.93 bits per heavy atom. The number of benzene rings is 1. The van der Waals surface area contributed by atoms with Crippen molar-refractivity contribution in [3.05, 3.63) is 93.1 Å². The third-order valence-corrected chi connectivity index (χ3v) is 6.62. The van der Waals surface area contributed by atoms with Gasteiger partial charge in [-0.05, 0) is 36.4 Å². The Morgan fingerprint density at radius 3 is 2.60 bits per heavy atom. The van der Waals surface area contributed by atoms with Crippen molar-refractivity contribution in [2.45, 2.75) is 12.8 Å². The molecule has 0 saturated carbocycles. The van der Waals surface area contributed by atoms with E-state index in [4.69, 9.17) is 19.3 Å². The number of ether oxygens (including phenoxy) is 1. The van der Waals surface area contributed by atoms with Crippen molar-refractivity contribution in [2.75, 3.05) is 5.32 Å². The summed E-state index contributed by atoms with van der Waals surface area (Å²) in [6, 6.07) is 12.0. The molecule has 0 fully saturated rings. The molecule has 4 aromatic heterocycles. The zero-order chi connectivity index (χ0) is 28.6. The third-order valence-electron chi connectivity index (χ3n) is 5.52. The number of para-hydroxylation sites is 2. The summed E-state index contributed by atoms with van der Waals surface area (Å²) in [6.07, 6.45) is -3.55. The number of nitro benzene ring substituents is 1. The summed E-state index contributed by atoms with van der Waals surface area (Å²) in [4.78, 5) is 39.0. The van der Waals surface area contributed by atoms with E-state index in [1.165, 1.54) is 48.7 Å². The molecule has 1 aromatic carbocycles. The number of nitrogens with one attached hydrogen (secondary N) is 1. The van der Waals surface area contributed by atoms with Gasteiger partial charge in [0.25, 0.3) is 11.8 Å². The summed E-state index contributed by atoms with van der Waals surface area (Å²) < 4.78 is 56.9. The number of hydrogen-bond donors (Lipinski definition) is 2. The van der Waals surface area contributed by atoms with Crippen molar-refractivity contribution in [1.82, 2.24) is 4.98 Å². The number of amides is 2. The number of aromatic nitrogens is 1. The van der Waals surface area contributed by atoms with E-state index in [9.17, 15) is 32.9 Å². The molecule has 0 atom stereocenters. The van der Waals surface area contributed by atoms with E-state index in [1.807, 2.05) is 0 Å². The monoisotopic (exact) mass is 572 g/mol. The Hall–Kier alpha value is -5.18. The van der Waals surface area contributed by atoms with Crippen molar-refractivity contribution in [3.63, 3.8) is 0 Å². The van der Waals surface area contributed by atoms with Crippen LogP contribution in [0.3, 0.4) is 0 Å². The van der Waals surface area contributed by atoms with E-state index in [1.54, 1.807) is 6.07 Å². The van der Waals surface area contributed by atoms with Crippen molar-refractivity contribution in [3.8, 4) is 17.1 Å². The lowest BCUT2D eigenvalue weighted by atomic mass is 10.1. The topological polar surface area (TPSA) is 164 Å². The Bertz CT molecular complexity index is 1760. The fourth-order valence-corrected chi connectivity index (χ4v) is 4.80. The van der Waals surface area contributed by atoms with E-state index in [2.05, 4.69) is 10.3 Å². The molecule has 5 rings (SSSR count). The van der Waals surface area contributed by atoms with Crippen LogP contribution >= 0.6 is 11.3 Å². The highest BCUT2D eigenvalue weighted by molar-refractivity contribution is 7.21. The standard InChI is InChI=1S/C25H15F3N4O7S/c26-25(27,28)18-10-13(15-6-3-9-37-15)19-20(21(22(29)33)40-24(19)30-18)31-23(34)17-8-7-12(39-17)11-38-16-5-2-1-4-14(16)32(35)36/h1-10H,11H2,(H2,29,33)(H,31,34). The highest BCUT2D eigenvalue weighted by atomic mass is 32.1. The first-order chi connectivity index (χ1) is 19.0. The maximum absolute atomic E-state index is 13.6. The van der Waals surface area contributed by atoms with Gasteiger partial charge >= 0.3 is 11.9 Å². The predicted molar refractivity (Wildman–Crippen MR) is 135 cm³/mol. The summed E-state index contributed by atoms with van der Waals surface area (Å²) >= 11 is 0.578. The fraction of sp³-hybridized carbons (Fsp3) is 0.0800. The summed E-state index contributed by atoms with van der Waals surface area (Å²) in [6.45, 7) is -0.251. The van der Waals surface area contributed by atoms with Crippen LogP contribution in [0.25, 0.3) is 21.5 Å². The number of primary amides is 1. The SMILES string of the molecule is NC(=O)c1sc2nc(C(F)(F)F)cc(-c3ccco3)c2c1NC(=O)c1ccc(COc2ccccc2[N+](=O)[O-])o1. The maximum Gasteiger partial charge on any atom is 0.433 e. The van der Waals surface area contributed by atoms with Gasteiger partial charge in [-0.15, -0.1) is 11.3 Å². The molecular formula is C25H15F3N4O7S. The van der Waals surface area contributed by atoms with Gasteiger partial charge in [0.1, 0.15) is 33.5 Å². The first-order valence-electron chi connectivity index (χ1n) is 11.2. The number of pyridine rings is 1. The molecule has 3 N–H and O–H groups in total. The Kier molecular flexibility index (Phi) is 6.73. The van der Waals surface area contributed by atoms with Crippen molar-refractivity contribution in [1.29, 1.82) is 0 Å². The largest absolute Gasteiger partial charge is 0.479 e. The Balaban J connectivity index is 1.48. The van der Waals surface area contributed by atoms with E-state index in [0.29, 0.717) is 11.3 Å². The van der Waals surface area contributed by atoms with Crippen LogP contribution in [0.1, 0.15) is 31.7 Å². The minimum absolute atomic E-state index is 0.0121. The number of carbonyl (C=O) groups excluding carboxylic acids is 2. The number of halogens is 3. The molecule has 4 heterocycles. The molecule has 0 bridgehead atoms. The molecule has 0 aliphatic rings. The van der Waals surface area contributed by atoms with Crippen LogP contribution in [-0.2, 0) is 12.8 Å². The number of rotatable bonds is 8. The molecule has 11 nitrogen and oxygen atoms in total. The molecule has 0 aliphatic carbocycles. The maximum atomic E-state index is 13.6. The smallest absolute Gasteiger partial charge is 0.433 e. The van der Waals surface area contributed by atoms with Gasteiger partial charge in [-0.3, -0.25) is 19.7 Å². The zero-order valence-corrected chi connectivity index (χ0v) is 20.7. The molecule has 0 saturated heterocycles. The number of nitrogens with zero attached hydrogens (tertiary/aromatic N) is 2. The van der Waals surface area contributed by atoms with Crippen molar-refractivity contribution < 1.29 is 41.3 Å². The summed E-state index contributed by atoms with van der Waals surface area (Å²) in [5.74, 6) is -1.94. The number of hydrogen-bond acceptors (Lipinski definition) is 9. The Morgan fingerprint density at radius 1 is 1.15 bits per heavy atom. The molecule has 40 heavy (non-hydrogen) atoms. The van der Waals surface area contributed by atoms with Crippen molar-refractivity contribution >= 4 is 44.7 Å². The van der Waals surface area contributed by atoms with E-state index in [0.717, 1.165) is 6.07 Å². The van der Waals surface area contributed by atoms with Gasteiger partial charge in [-0.2, -0.15) is 13.2 Å². The summed E-state index contributed by atoms with van der Waals surface area (Å²) in [5, 5.41) is 13.7. The quantitative estimate of drug-likeness (QED) is 0.169. The zero-order valence-electron chi connectivity index (χ0n) is 19.9. The lowest BCUT2D eigenvalue weighted by Gasteiger charge is -2.10. The number of anilines is 1. The second-order valence-electron chi connectivity index (χ2n) is 8.11. The van der Waals surface area contributed by atoms with Gasteiger partial charge in [0.2, 0.25) is 0 Å². The average Bonchev–Trinajstić information content (AvgIpc) is 3.67. The van der Waals surface area contributed by atoms with Crippen LogP contribution in [0.2, 0.25) is 0 Å². The van der Waals surface area contributed by atoms with Gasteiger partial charge in [0.15, 0.2) is 11.5 Å². The number of nitrogens with two attached hydrogens (primary N) is 1. The molecule has 204 valence electrons. The fourth-order valence-electron chi connectivity index (χ4n) is 3.79. The summed E-state index contributed by atoms with van der Waals surface area (Å²) in [5.41, 5.74) is 3.75. The number of fused-ring (bicyclic) bond motifs is 1. The van der Waals surface area contributed by atoms with Gasteiger partial charge in [0.05, 0.1) is 16.9 Å². The molecule has 0 spiro atoms. The first kappa shape index (κ1) is 26.4. The molecule has 2 amide bonds. The van der Waals surface area contributed by atoms with Gasteiger partial charge < -0.3 is 24.6 Å². The number of furan rings is 2. The summed E-state index contributed by atoms with van der Waals surface area (Å²) in [7, 11) is 0. The van der Waals surface area contributed by atoms with Crippen LogP contribution < -0.4 is 15.8 Å².